The lowest BCUT2D eigenvalue weighted by atomic mass is 10.2. The van der Waals surface area contributed by atoms with E-state index in [0.29, 0.717) is 10.9 Å². The van der Waals surface area contributed by atoms with E-state index in [1.165, 1.54) is 18.2 Å². The molecule has 2 N–H and O–H groups in total. The maximum atomic E-state index is 12.0. The van der Waals surface area contributed by atoms with E-state index < -0.39 is 5.69 Å². The molecule has 0 unspecified atom stereocenters. The maximum absolute atomic E-state index is 12.0. The minimum atomic E-state index is -0.432. The Morgan fingerprint density at radius 1 is 1.31 bits per heavy atom. The summed E-state index contributed by atoms with van der Waals surface area (Å²) in [6.45, 7) is 3.51. The highest BCUT2D eigenvalue weighted by Gasteiger charge is 2.10. The first-order valence-corrected chi connectivity index (χ1v) is 4.98. The molecule has 2 aromatic rings. The van der Waals surface area contributed by atoms with E-state index in [-0.39, 0.29) is 17.4 Å². The van der Waals surface area contributed by atoms with Gasteiger partial charge in [0.2, 0.25) is 0 Å². The summed E-state index contributed by atoms with van der Waals surface area (Å²) in [5.74, 6) is 0.00644. The second-order valence-corrected chi connectivity index (χ2v) is 3.93. The number of benzene rings is 1. The molecular weight excluding hydrogens is 208 g/mol. The topological polar surface area (TPSA) is 75.1 Å². The fraction of sp³-hybridized carbons (Fsp3) is 0.273. The Kier molecular flexibility index (Phi) is 2.30. The zero-order valence-corrected chi connectivity index (χ0v) is 9.02. The van der Waals surface area contributed by atoms with Crippen LogP contribution in [0.25, 0.3) is 10.9 Å². The van der Waals surface area contributed by atoms with Crippen molar-refractivity contribution in [3.8, 4) is 5.75 Å². The average molecular weight is 220 g/mol. The number of fused-ring (bicyclic) bond motifs is 1. The van der Waals surface area contributed by atoms with Crippen molar-refractivity contribution >= 4 is 10.9 Å². The Labute approximate surface area is 91.0 Å². The molecule has 1 heterocycles. The van der Waals surface area contributed by atoms with Crippen molar-refractivity contribution < 1.29 is 5.11 Å². The molecule has 0 fully saturated rings. The van der Waals surface area contributed by atoms with Crippen LogP contribution in [0.2, 0.25) is 0 Å². The van der Waals surface area contributed by atoms with E-state index in [9.17, 15) is 14.7 Å². The molecule has 5 heteroatoms. The van der Waals surface area contributed by atoms with Gasteiger partial charge in [0.15, 0.2) is 0 Å². The van der Waals surface area contributed by atoms with Crippen LogP contribution in [0.15, 0.2) is 27.8 Å². The zero-order chi connectivity index (χ0) is 11.9. The summed E-state index contributed by atoms with van der Waals surface area (Å²) >= 11 is 0. The van der Waals surface area contributed by atoms with E-state index >= 15 is 0 Å². The highest BCUT2D eigenvalue weighted by molar-refractivity contribution is 5.78. The molecular formula is C11H12N2O3. The summed E-state index contributed by atoms with van der Waals surface area (Å²) in [5.41, 5.74) is -0.382. The van der Waals surface area contributed by atoms with Crippen molar-refractivity contribution in [3.05, 3.63) is 39.0 Å². The first-order chi connectivity index (χ1) is 7.50. The van der Waals surface area contributed by atoms with Gasteiger partial charge in [-0.15, -0.1) is 0 Å². The van der Waals surface area contributed by atoms with Crippen LogP contribution in [0.3, 0.4) is 0 Å². The van der Waals surface area contributed by atoms with E-state index in [0.717, 1.165) is 4.57 Å². The van der Waals surface area contributed by atoms with Gasteiger partial charge in [0.1, 0.15) is 5.75 Å². The quantitative estimate of drug-likeness (QED) is 0.752. The normalized spacial score (nSPS) is 11.2. The van der Waals surface area contributed by atoms with Gasteiger partial charge in [-0.25, -0.2) is 4.79 Å². The van der Waals surface area contributed by atoms with Gasteiger partial charge < -0.3 is 10.1 Å². The van der Waals surface area contributed by atoms with Crippen LogP contribution < -0.4 is 11.2 Å². The molecule has 1 aromatic heterocycles. The predicted molar refractivity (Wildman–Crippen MR) is 60.9 cm³/mol. The summed E-state index contributed by atoms with van der Waals surface area (Å²) in [6, 6.07) is 4.07. The van der Waals surface area contributed by atoms with Crippen LogP contribution in [0.1, 0.15) is 19.9 Å². The molecule has 16 heavy (non-hydrogen) atoms. The lowest BCUT2D eigenvalue weighted by molar-refractivity contribution is 0.475. The summed E-state index contributed by atoms with van der Waals surface area (Å²) in [5, 5.41) is 9.63. The van der Waals surface area contributed by atoms with Crippen molar-refractivity contribution in [2.24, 2.45) is 0 Å². The molecule has 2 rings (SSSR count). The first-order valence-electron chi connectivity index (χ1n) is 4.98. The van der Waals surface area contributed by atoms with Gasteiger partial charge in [0, 0.05) is 6.04 Å². The third kappa shape index (κ3) is 1.50. The van der Waals surface area contributed by atoms with Gasteiger partial charge >= 0.3 is 5.69 Å². The summed E-state index contributed by atoms with van der Waals surface area (Å²) in [6.07, 6.45) is 0. The van der Waals surface area contributed by atoms with Crippen molar-refractivity contribution in [1.29, 1.82) is 0 Å². The van der Waals surface area contributed by atoms with Gasteiger partial charge in [0.25, 0.3) is 5.56 Å². The van der Waals surface area contributed by atoms with Crippen molar-refractivity contribution in [2.45, 2.75) is 19.9 Å². The van der Waals surface area contributed by atoms with Gasteiger partial charge in [-0.1, -0.05) is 0 Å². The molecule has 0 spiro atoms. The highest BCUT2D eigenvalue weighted by atomic mass is 16.3. The Hall–Kier alpha value is -2.04. The molecule has 0 saturated carbocycles. The number of hydrogen-bond donors (Lipinski definition) is 2. The lowest BCUT2D eigenvalue weighted by Crippen LogP contribution is -2.36. The minimum Gasteiger partial charge on any atom is -0.508 e. The number of aromatic hydroxyl groups is 1. The van der Waals surface area contributed by atoms with Crippen molar-refractivity contribution in [2.75, 3.05) is 0 Å². The number of rotatable bonds is 1. The third-order valence-corrected chi connectivity index (χ3v) is 2.43. The summed E-state index contributed by atoms with van der Waals surface area (Å²) in [7, 11) is 0. The average Bonchev–Trinajstić information content (AvgIpc) is 2.19. The number of H-pyrrole nitrogens is 1. The van der Waals surface area contributed by atoms with Crippen LogP contribution in [0.5, 0.6) is 5.75 Å². The molecule has 0 aliphatic heterocycles. The SMILES string of the molecule is CC(C)n1c(=O)[nH]c2ccc(O)cc2c1=O. The Morgan fingerprint density at radius 2 is 2.00 bits per heavy atom. The largest absolute Gasteiger partial charge is 0.508 e. The summed E-state index contributed by atoms with van der Waals surface area (Å²) in [4.78, 5) is 26.2. The van der Waals surface area contributed by atoms with Crippen LogP contribution >= 0.6 is 0 Å². The lowest BCUT2D eigenvalue weighted by Gasteiger charge is -2.09. The third-order valence-electron chi connectivity index (χ3n) is 2.43. The first kappa shape index (κ1) is 10.5. The number of nitrogens with zero attached hydrogens (tertiary/aromatic N) is 1. The Bertz CT molecular complexity index is 652. The maximum Gasteiger partial charge on any atom is 0.329 e. The number of phenols is 1. The minimum absolute atomic E-state index is 0.00644. The standard InChI is InChI=1S/C11H12N2O3/c1-6(2)13-10(15)8-5-7(14)3-4-9(8)12-11(13)16/h3-6,14H,1-2H3,(H,12,16). The van der Waals surface area contributed by atoms with Gasteiger partial charge in [0.05, 0.1) is 10.9 Å². The van der Waals surface area contributed by atoms with E-state index in [2.05, 4.69) is 4.98 Å². The van der Waals surface area contributed by atoms with Gasteiger partial charge in [-0.3, -0.25) is 9.36 Å². The monoisotopic (exact) mass is 220 g/mol. The predicted octanol–water partition coefficient (Wildman–Crippen LogP) is 0.976. The number of aromatic amines is 1. The second-order valence-electron chi connectivity index (χ2n) is 3.93. The molecule has 0 amide bonds. The molecule has 0 saturated heterocycles. The molecule has 1 aromatic carbocycles. The van der Waals surface area contributed by atoms with Crippen LogP contribution in [-0.2, 0) is 0 Å². The molecule has 5 nitrogen and oxygen atoms in total. The number of aromatic nitrogens is 2. The molecule has 0 aliphatic rings. The molecule has 0 atom stereocenters. The highest BCUT2D eigenvalue weighted by Crippen LogP contribution is 2.14. The smallest absolute Gasteiger partial charge is 0.329 e. The molecule has 0 bridgehead atoms. The second kappa shape index (κ2) is 3.52. The zero-order valence-electron chi connectivity index (χ0n) is 9.02. The fourth-order valence-corrected chi connectivity index (χ4v) is 1.68. The van der Waals surface area contributed by atoms with Gasteiger partial charge in [-0.05, 0) is 32.0 Å². The van der Waals surface area contributed by atoms with Crippen LogP contribution in [0.4, 0.5) is 0 Å². The number of phenolic OH excluding ortho intramolecular Hbond substituents is 1. The number of hydrogen-bond acceptors (Lipinski definition) is 3. The van der Waals surface area contributed by atoms with Crippen molar-refractivity contribution in [3.63, 3.8) is 0 Å². The van der Waals surface area contributed by atoms with Crippen LogP contribution in [0, 0.1) is 0 Å². The van der Waals surface area contributed by atoms with Crippen molar-refractivity contribution in [1.82, 2.24) is 9.55 Å². The Balaban J connectivity index is 2.97. The summed E-state index contributed by atoms with van der Waals surface area (Å²) < 4.78 is 1.13. The molecule has 0 radical (unpaired) electrons. The van der Waals surface area contributed by atoms with Gasteiger partial charge in [-0.2, -0.15) is 0 Å². The van der Waals surface area contributed by atoms with E-state index in [4.69, 9.17) is 0 Å². The number of nitrogens with one attached hydrogen (secondary N) is 1. The van der Waals surface area contributed by atoms with Crippen LogP contribution in [-0.4, -0.2) is 14.7 Å². The Morgan fingerprint density at radius 3 is 2.62 bits per heavy atom. The van der Waals surface area contributed by atoms with E-state index in [1.807, 2.05) is 0 Å². The fourth-order valence-electron chi connectivity index (χ4n) is 1.68. The molecule has 0 aliphatic carbocycles. The van der Waals surface area contributed by atoms with E-state index in [1.54, 1.807) is 13.8 Å². The molecule has 84 valence electrons.